The van der Waals surface area contributed by atoms with Gasteiger partial charge in [-0.2, -0.15) is 13.2 Å². The second-order valence-corrected chi connectivity index (χ2v) is 6.46. The Hall–Kier alpha value is -2.78. The zero-order chi connectivity index (χ0) is 20.6. The Kier molecular flexibility index (Phi) is 5.22. The van der Waals surface area contributed by atoms with E-state index in [4.69, 9.17) is 23.8 Å². The van der Waals surface area contributed by atoms with E-state index in [1.54, 1.807) is 0 Å². The Bertz CT molecular complexity index is 1020. The maximum Gasteiger partial charge on any atom is 0.419 e. The van der Waals surface area contributed by atoms with Crippen LogP contribution in [0.2, 0.25) is 5.02 Å². The van der Waals surface area contributed by atoms with E-state index in [0.717, 1.165) is 23.1 Å². The third-order valence-electron chi connectivity index (χ3n) is 3.82. The number of halogens is 5. The van der Waals surface area contributed by atoms with E-state index in [2.05, 4.69) is 5.32 Å². The van der Waals surface area contributed by atoms with Gasteiger partial charge in [0.2, 0.25) is 0 Å². The highest BCUT2D eigenvalue weighted by Crippen LogP contribution is 2.33. The van der Waals surface area contributed by atoms with Crippen molar-refractivity contribution in [1.82, 2.24) is 5.32 Å². The summed E-state index contributed by atoms with van der Waals surface area (Å²) in [5.74, 6) is -3.45. The summed E-state index contributed by atoms with van der Waals surface area (Å²) in [5.41, 5.74) is -2.36. The number of alkyl halides is 3. The number of rotatable bonds is 2. The molecule has 0 aromatic heterocycles. The van der Waals surface area contributed by atoms with Gasteiger partial charge in [-0.1, -0.05) is 23.7 Å². The van der Waals surface area contributed by atoms with E-state index in [-0.39, 0.29) is 10.8 Å². The largest absolute Gasteiger partial charge is 0.419 e. The summed E-state index contributed by atoms with van der Waals surface area (Å²) in [4.78, 5) is 25.9. The average Bonchev–Trinajstić information content (AvgIpc) is 2.60. The molecule has 0 atom stereocenters. The van der Waals surface area contributed by atoms with Gasteiger partial charge in [-0.15, -0.1) is 0 Å². The van der Waals surface area contributed by atoms with Gasteiger partial charge in [0.15, 0.2) is 5.11 Å². The van der Waals surface area contributed by atoms with E-state index in [9.17, 15) is 27.2 Å². The van der Waals surface area contributed by atoms with Crippen molar-refractivity contribution in [2.75, 3.05) is 4.90 Å². The molecule has 0 unspecified atom stereocenters. The van der Waals surface area contributed by atoms with Crippen LogP contribution < -0.4 is 10.2 Å². The summed E-state index contributed by atoms with van der Waals surface area (Å²) >= 11 is 10.8. The number of benzene rings is 2. The van der Waals surface area contributed by atoms with Gasteiger partial charge < -0.3 is 0 Å². The van der Waals surface area contributed by atoms with Gasteiger partial charge in [0.1, 0.15) is 11.4 Å². The van der Waals surface area contributed by atoms with E-state index in [0.29, 0.717) is 11.1 Å². The normalized spacial score (nSPS) is 16.5. The molecule has 1 aliphatic heterocycles. The van der Waals surface area contributed by atoms with Gasteiger partial charge in [-0.25, -0.2) is 4.39 Å². The number of amides is 2. The first kappa shape index (κ1) is 20.0. The maximum absolute atomic E-state index is 14.3. The summed E-state index contributed by atoms with van der Waals surface area (Å²) in [5, 5.41) is 2.43. The molecule has 0 aliphatic carbocycles. The summed E-state index contributed by atoms with van der Waals surface area (Å²) < 4.78 is 52.9. The fourth-order valence-corrected chi connectivity index (χ4v) is 2.92. The Morgan fingerprint density at radius 2 is 1.71 bits per heavy atom. The van der Waals surface area contributed by atoms with Crippen LogP contribution >= 0.6 is 23.8 Å². The Labute approximate surface area is 166 Å². The van der Waals surface area contributed by atoms with E-state index < -0.39 is 40.5 Å². The molecule has 1 saturated heterocycles. The van der Waals surface area contributed by atoms with Gasteiger partial charge >= 0.3 is 6.18 Å². The van der Waals surface area contributed by atoms with Crippen molar-refractivity contribution in [1.29, 1.82) is 0 Å². The molecule has 0 radical (unpaired) electrons. The minimum Gasteiger partial charge on any atom is -0.298 e. The molecule has 0 spiro atoms. The Morgan fingerprint density at radius 3 is 2.32 bits per heavy atom. The van der Waals surface area contributed by atoms with Crippen LogP contribution in [0.5, 0.6) is 0 Å². The van der Waals surface area contributed by atoms with Crippen LogP contribution in [0.1, 0.15) is 11.1 Å². The van der Waals surface area contributed by atoms with Crippen LogP contribution in [0, 0.1) is 5.82 Å². The predicted molar refractivity (Wildman–Crippen MR) is 99.1 cm³/mol. The quantitative estimate of drug-likeness (QED) is 0.335. The summed E-state index contributed by atoms with van der Waals surface area (Å²) in [7, 11) is 0. The minimum atomic E-state index is -4.92. The Morgan fingerprint density at radius 1 is 1.07 bits per heavy atom. The van der Waals surface area contributed by atoms with Crippen molar-refractivity contribution in [2.24, 2.45) is 0 Å². The van der Waals surface area contributed by atoms with E-state index >= 15 is 0 Å². The molecule has 3 rings (SSSR count). The molecule has 1 aliphatic rings. The fourth-order valence-electron chi connectivity index (χ4n) is 2.52. The number of carbonyl (C=O) groups excluding carboxylic acids is 2. The van der Waals surface area contributed by atoms with E-state index in [1.807, 2.05) is 0 Å². The van der Waals surface area contributed by atoms with Crippen molar-refractivity contribution >= 4 is 52.5 Å². The third-order valence-corrected chi connectivity index (χ3v) is 4.36. The first-order chi connectivity index (χ1) is 13.1. The number of hydrogen-bond acceptors (Lipinski definition) is 3. The van der Waals surface area contributed by atoms with E-state index in [1.165, 1.54) is 24.3 Å². The van der Waals surface area contributed by atoms with Crippen molar-refractivity contribution in [2.45, 2.75) is 6.18 Å². The molecule has 1 heterocycles. The lowest BCUT2D eigenvalue weighted by Gasteiger charge is -2.29. The minimum absolute atomic E-state index is 0.223. The zero-order valence-electron chi connectivity index (χ0n) is 13.7. The summed E-state index contributed by atoms with van der Waals surface area (Å²) in [6.45, 7) is 0. The molecule has 28 heavy (non-hydrogen) atoms. The van der Waals surface area contributed by atoms with Crippen molar-refractivity contribution < 1.29 is 27.2 Å². The molecule has 2 amide bonds. The molecular formula is C18H9ClF4N2O2S. The molecular weight excluding hydrogens is 420 g/mol. The highest BCUT2D eigenvalue weighted by molar-refractivity contribution is 7.80. The highest BCUT2D eigenvalue weighted by Gasteiger charge is 2.37. The molecule has 10 heteroatoms. The van der Waals surface area contributed by atoms with Crippen LogP contribution in [0.25, 0.3) is 6.08 Å². The number of hydrogen-bond donors (Lipinski definition) is 1. The fraction of sp³-hybridized carbons (Fsp3) is 0.0556. The lowest BCUT2D eigenvalue weighted by Crippen LogP contribution is -2.54. The molecule has 144 valence electrons. The number of thiocarbonyl (C=S) groups is 1. The standard InChI is InChI=1S/C18H9ClF4N2O2S/c19-10-4-6-11(7-5-10)25-16(27)12(15(26)24-17(25)28)8-9-2-1-3-13(14(9)20)18(21,22)23/h1-8H,(H,24,26,28). The monoisotopic (exact) mass is 428 g/mol. The molecule has 0 bridgehead atoms. The van der Waals surface area contributed by atoms with Gasteiger partial charge in [0, 0.05) is 10.6 Å². The molecule has 4 nitrogen and oxygen atoms in total. The number of carbonyl (C=O) groups is 2. The summed E-state index contributed by atoms with van der Waals surface area (Å²) in [6, 6.07) is 8.47. The third kappa shape index (κ3) is 3.76. The Balaban J connectivity index is 2.06. The number of anilines is 1. The van der Waals surface area contributed by atoms with Crippen molar-refractivity contribution in [3.05, 3.63) is 70.0 Å². The molecule has 0 saturated carbocycles. The molecule has 2 aromatic carbocycles. The van der Waals surface area contributed by atoms with Crippen LogP contribution in [0.4, 0.5) is 23.2 Å². The molecule has 2 aromatic rings. The second-order valence-electron chi connectivity index (χ2n) is 5.64. The van der Waals surface area contributed by atoms with Crippen molar-refractivity contribution in [3.8, 4) is 0 Å². The van der Waals surface area contributed by atoms with Crippen LogP contribution in [0.15, 0.2) is 48.0 Å². The summed E-state index contributed by atoms with van der Waals surface area (Å²) in [6.07, 6.45) is -4.17. The second kappa shape index (κ2) is 7.33. The predicted octanol–water partition coefficient (Wildman–Crippen LogP) is 4.33. The smallest absolute Gasteiger partial charge is 0.298 e. The lowest BCUT2D eigenvalue weighted by atomic mass is 10.0. The van der Waals surface area contributed by atoms with Crippen LogP contribution in [-0.4, -0.2) is 16.9 Å². The van der Waals surface area contributed by atoms with Gasteiger partial charge in [0.05, 0.1) is 11.3 Å². The lowest BCUT2D eigenvalue weighted by molar-refractivity contribution is -0.140. The average molecular weight is 429 g/mol. The molecule has 1 N–H and O–H groups in total. The number of nitrogens with one attached hydrogen (secondary N) is 1. The molecule has 1 fully saturated rings. The van der Waals surface area contributed by atoms with Crippen LogP contribution in [-0.2, 0) is 15.8 Å². The van der Waals surface area contributed by atoms with Gasteiger partial charge in [-0.05, 0) is 48.6 Å². The number of nitrogens with zero attached hydrogens (tertiary/aromatic N) is 1. The van der Waals surface area contributed by atoms with Gasteiger partial charge in [-0.3, -0.25) is 19.8 Å². The van der Waals surface area contributed by atoms with Crippen molar-refractivity contribution in [3.63, 3.8) is 0 Å². The maximum atomic E-state index is 14.3. The first-order valence-electron chi connectivity index (χ1n) is 7.62. The van der Waals surface area contributed by atoms with Gasteiger partial charge in [0.25, 0.3) is 11.8 Å². The van der Waals surface area contributed by atoms with Crippen LogP contribution in [0.3, 0.4) is 0 Å². The SMILES string of the molecule is O=C1NC(=S)N(c2ccc(Cl)cc2)C(=O)C1=Cc1cccc(C(F)(F)F)c1F. The highest BCUT2D eigenvalue weighted by atomic mass is 35.5. The zero-order valence-corrected chi connectivity index (χ0v) is 15.3. The topological polar surface area (TPSA) is 49.4 Å². The first-order valence-corrected chi connectivity index (χ1v) is 8.41.